The number of aryl methyl sites for hydroxylation is 1. The van der Waals surface area contributed by atoms with Gasteiger partial charge in [-0.3, -0.25) is 10.1 Å². The zero-order valence-electron chi connectivity index (χ0n) is 19.7. The van der Waals surface area contributed by atoms with Crippen molar-refractivity contribution in [3.05, 3.63) is 99.1 Å². The van der Waals surface area contributed by atoms with Crippen molar-refractivity contribution in [2.75, 3.05) is 11.8 Å². The van der Waals surface area contributed by atoms with Crippen LogP contribution in [0.25, 0.3) is 11.3 Å². The van der Waals surface area contributed by atoms with Crippen molar-refractivity contribution in [1.82, 2.24) is 9.97 Å². The number of nitrogens with zero attached hydrogens (tertiary/aromatic N) is 3. The van der Waals surface area contributed by atoms with Crippen molar-refractivity contribution >= 4 is 33.3 Å². The van der Waals surface area contributed by atoms with Crippen molar-refractivity contribution in [2.45, 2.75) is 18.4 Å². The number of para-hydroxylation sites is 1. The van der Waals surface area contributed by atoms with Crippen LogP contribution < -0.4 is 9.46 Å². The number of benzene rings is 3. The highest BCUT2D eigenvalue weighted by molar-refractivity contribution is 7.92. The first kappa shape index (κ1) is 26.0. The molecule has 0 bridgehead atoms. The number of halogens is 1. The number of nitro benzene ring substituents is 1. The van der Waals surface area contributed by atoms with Gasteiger partial charge in [0.25, 0.3) is 15.7 Å². The van der Waals surface area contributed by atoms with E-state index in [-0.39, 0.29) is 29.0 Å². The molecular formula is C25H21ClN4O6S. The number of nitrogens with one attached hydrogen (secondary N) is 1. The van der Waals surface area contributed by atoms with Crippen molar-refractivity contribution in [3.8, 4) is 22.9 Å². The van der Waals surface area contributed by atoms with Crippen LogP contribution in [0.2, 0.25) is 5.02 Å². The molecule has 0 atom stereocenters. The summed E-state index contributed by atoms with van der Waals surface area (Å²) in [5.41, 5.74) is 2.20. The predicted octanol–water partition coefficient (Wildman–Crippen LogP) is 5.75. The van der Waals surface area contributed by atoms with Crippen LogP contribution in [0.15, 0.2) is 77.7 Å². The Kier molecular flexibility index (Phi) is 7.67. The van der Waals surface area contributed by atoms with E-state index in [4.69, 9.17) is 21.1 Å². The summed E-state index contributed by atoms with van der Waals surface area (Å²) >= 11 is 6.32. The second-order valence-electron chi connectivity index (χ2n) is 7.85. The lowest BCUT2D eigenvalue weighted by Gasteiger charge is -2.14. The summed E-state index contributed by atoms with van der Waals surface area (Å²) in [6, 6.07) is 18.8. The van der Waals surface area contributed by atoms with Crippen LogP contribution >= 0.6 is 11.6 Å². The molecule has 4 rings (SSSR count). The number of rotatable bonds is 9. The average Bonchev–Trinajstić information content (AvgIpc) is 2.86. The Labute approximate surface area is 218 Å². The molecule has 1 N–H and O–H groups in total. The Balaban J connectivity index is 1.81. The standard InChI is InChI=1S/C25H21ClN4O6S/c1-16-7-5-12-21(26)24(16)36-23-14-22(20-11-4-3-8-17(20)15-35-2)27-25(28-23)29-37(33,34)19-10-6-9-18(13-19)30(31)32/h3-14H,15H2,1-2H3,(H,27,28,29). The van der Waals surface area contributed by atoms with E-state index in [1.54, 1.807) is 31.4 Å². The summed E-state index contributed by atoms with van der Waals surface area (Å²) in [5, 5.41) is 11.5. The number of anilines is 1. The SMILES string of the molecule is COCc1ccccc1-c1cc(Oc2c(C)cccc2Cl)nc(NS(=O)(=O)c2cccc([N+](=O)[O-])c2)n1. The minimum Gasteiger partial charge on any atom is -0.437 e. The molecule has 12 heteroatoms. The van der Waals surface area contributed by atoms with Crippen molar-refractivity contribution in [3.63, 3.8) is 0 Å². The van der Waals surface area contributed by atoms with Gasteiger partial charge < -0.3 is 9.47 Å². The smallest absolute Gasteiger partial charge is 0.270 e. The molecule has 37 heavy (non-hydrogen) atoms. The number of sulfonamides is 1. The number of aromatic nitrogens is 2. The topological polar surface area (TPSA) is 134 Å². The van der Waals surface area contributed by atoms with Gasteiger partial charge in [-0.25, -0.2) is 18.1 Å². The number of hydrogen-bond donors (Lipinski definition) is 1. The maximum atomic E-state index is 13.1. The van der Waals surface area contributed by atoms with Crippen LogP contribution in [-0.2, 0) is 21.4 Å². The lowest BCUT2D eigenvalue weighted by Crippen LogP contribution is -2.16. The third-order valence-electron chi connectivity index (χ3n) is 5.23. The van der Waals surface area contributed by atoms with Gasteiger partial charge in [0.1, 0.15) is 0 Å². The molecule has 3 aromatic carbocycles. The molecule has 0 aliphatic carbocycles. The molecule has 0 saturated heterocycles. The molecule has 0 saturated carbocycles. The number of ether oxygens (including phenoxy) is 2. The highest BCUT2D eigenvalue weighted by Gasteiger charge is 2.21. The summed E-state index contributed by atoms with van der Waals surface area (Å²) in [4.78, 5) is 18.8. The zero-order chi connectivity index (χ0) is 26.6. The molecule has 0 fully saturated rings. The number of non-ortho nitro benzene ring substituents is 1. The van der Waals surface area contributed by atoms with E-state index in [1.165, 1.54) is 18.2 Å². The van der Waals surface area contributed by atoms with Crippen molar-refractivity contribution < 1.29 is 22.8 Å². The van der Waals surface area contributed by atoms with Gasteiger partial charge in [0.2, 0.25) is 11.8 Å². The average molecular weight is 541 g/mol. The molecule has 4 aromatic rings. The molecule has 0 aliphatic heterocycles. The number of nitro groups is 1. The molecule has 0 aliphatic rings. The molecule has 1 aromatic heterocycles. The number of methoxy groups -OCH3 is 1. The molecule has 0 radical (unpaired) electrons. The van der Waals surface area contributed by atoms with Crippen molar-refractivity contribution in [1.29, 1.82) is 0 Å². The first-order valence-corrected chi connectivity index (χ1v) is 12.7. The first-order valence-electron chi connectivity index (χ1n) is 10.8. The van der Waals surface area contributed by atoms with Crippen LogP contribution in [-0.4, -0.2) is 30.4 Å². The number of hydrogen-bond acceptors (Lipinski definition) is 8. The van der Waals surface area contributed by atoms with Crippen LogP contribution in [0.4, 0.5) is 11.6 Å². The monoisotopic (exact) mass is 540 g/mol. The van der Waals surface area contributed by atoms with Crippen LogP contribution in [0.1, 0.15) is 11.1 Å². The Bertz CT molecular complexity index is 1560. The van der Waals surface area contributed by atoms with Crippen LogP contribution in [0, 0.1) is 17.0 Å². The van der Waals surface area contributed by atoms with Gasteiger partial charge in [-0.1, -0.05) is 54.1 Å². The normalized spacial score (nSPS) is 11.2. The fraction of sp³-hybridized carbons (Fsp3) is 0.120. The lowest BCUT2D eigenvalue weighted by atomic mass is 10.0. The Morgan fingerprint density at radius 2 is 1.78 bits per heavy atom. The second kappa shape index (κ2) is 10.9. The van der Waals surface area contributed by atoms with Crippen molar-refractivity contribution in [2.24, 2.45) is 0 Å². The fourth-order valence-corrected chi connectivity index (χ4v) is 4.75. The zero-order valence-corrected chi connectivity index (χ0v) is 21.3. The Morgan fingerprint density at radius 3 is 2.51 bits per heavy atom. The Morgan fingerprint density at radius 1 is 1.03 bits per heavy atom. The summed E-state index contributed by atoms with van der Waals surface area (Å²) in [6.07, 6.45) is 0. The largest absolute Gasteiger partial charge is 0.437 e. The fourth-order valence-electron chi connectivity index (χ4n) is 3.51. The summed E-state index contributed by atoms with van der Waals surface area (Å²) in [5.74, 6) is 0.0904. The van der Waals surface area contributed by atoms with E-state index < -0.39 is 14.9 Å². The van der Waals surface area contributed by atoms with Gasteiger partial charge in [-0.15, -0.1) is 0 Å². The van der Waals surface area contributed by atoms with Gasteiger partial charge >= 0.3 is 0 Å². The molecule has 0 amide bonds. The van der Waals surface area contributed by atoms with E-state index in [2.05, 4.69) is 14.7 Å². The summed E-state index contributed by atoms with van der Waals surface area (Å²) in [6.45, 7) is 2.10. The third kappa shape index (κ3) is 6.02. The maximum absolute atomic E-state index is 13.1. The van der Waals surface area contributed by atoms with E-state index in [1.807, 2.05) is 31.2 Å². The van der Waals surface area contributed by atoms with E-state index >= 15 is 0 Å². The maximum Gasteiger partial charge on any atom is 0.270 e. The quantitative estimate of drug-likeness (QED) is 0.209. The highest BCUT2D eigenvalue weighted by Crippen LogP contribution is 2.34. The molecule has 10 nitrogen and oxygen atoms in total. The van der Waals surface area contributed by atoms with Gasteiger partial charge in [-0.05, 0) is 30.2 Å². The van der Waals surface area contributed by atoms with Gasteiger partial charge in [0.15, 0.2) is 5.75 Å². The first-order chi connectivity index (χ1) is 17.7. The molecule has 0 unspecified atom stereocenters. The van der Waals surface area contributed by atoms with E-state index in [9.17, 15) is 18.5 Å². The third-order valence-corrected chi connectivity index (χ3v) is 6.85. The van der Waals surface area contributed by atoms with E-state index in [0.29, 0.717) is 22.0 Å². The molecule has 1 heterocycles. The minimum absolute atomic E-state index is 0.0326. The van der Waals surface area contributed by atoms with Gasteiger partial charge in [0, 0.05) is 30.9 Å². The molecular weight excluding hydrogens is 520 g/mol. The van der Waals surface area contributed by atoms with Gasteiger partial charge in [0.05, 0.1) is 27.1 Å². The Hall–Kier alpha value is -4.06. The second-order valence-corrected chi connectivity index (χ2v) is 9.94. The minimum atomic E-state index is -4.28. The summed E-state index contributed by atoms with van der Waals surface area (Å²) in [7, 11) is -2.72. The molecule has 0 spiro atoms. The lowest BCUT2D eigenvalue weighted by molar-refractivity contribution is -0.385. The highest BCUT2D eigenvalue weighted by atomic mass is 35.5. The summed E-state index contributed by atoms with van der Waals surface area (Å²) < 4.78 is 39.7. The predicted molar refractivity (Wildman–Crippen MR) is 138 cm³/mol. The van der Waals surface area contributed by atoms with Crippen LogP contribution in [0.3, 0.4) is 0 Å². The van der Waals surface area contributed by atoms with E-state index in [0.717, 1.165) is 17.2 Å². The van der Waals surface area contributed by atoms with Crippen LogP contribution in [0.5, 0.6) is 11.6 Å². The molecule has 190 valence electrons. The van der Waals surface area contributed by atoms with Gasteiger partial charge in [-0.2, -0.15) is 4.98 Å².